The van der Waals surface area contributed by atoms with E-state index in [0.717, 1.165) is 0 Å². The molecule has 0 aliphatic heterocycles. The first-order valence-electron chi connectivity index (χ1n) is 2.72. The van der Waals surface area contributed by atoms with Crippen LogP contribution >= 0.6 is 0 Å². The molecular formula is C5H7F5O. The SMILES string of the molecule is CC(F)(F)CC(F)(F)OCF. The lowest BCUT2D eigenvalue weighted by Gasteiger charge is -2.18. The number of ether oxygens (including phenoxy) is 1. The predicted molar refractivity (Wildman–Crippen MR) is 27.2 cm³/mol. The molecule has 11 heavy (non-hydrogen) atoms. The van der Waals surface area contributed by atoms with Crippen LogP contribution in [0.4, 0.5) is 22.0 Å². The molecule has 68 valence electrons. The van der Waals surface area contributed by atoms with Crippen LogP contribution in [0.3, 0.4) is 0 Å². The molecule has 0 spiro atoms. The highest BCUT2D eigenvalue weighted by Gasteiger charge is 2.41. The van der Waals surface area contributed by atoms with Gasteiger partial charge in [-0.2, -0.15) is 8.78 Å². The normalized spacial score (nSPS) is 13.6. The van der Waals surface area contributed by atoms with Gasteiger partial charge in [0.2, 0.25) is 0 Å². The third kappa shape index (κ3) is 6.03. The first-order chi connectivity index (χ1) is 4.77. The fourth-order valence-electron chi connectivity index (χ4n) is 0.492. The predicted octanol–water partition coefficient (Wildman–Crippen LogP) is 2.57. The minimum atomic E-state index is -4.09. The zero-order valence-corrected chi connectivity index (χ0v) is 5.71. The van der Waals surface area contributed by atoms with Gasteiger partial charge in [0.15, 0.2) is 6.86 Å². The van der Waals surface area contributed by atoms with Crippen LogP contribution in [0.2, 0.25) is 0 Å². The summed E-state index contributed by atoms with van der Waals surface area (Å²) in [7, 11) is 0. The molecule has 0 bridgehead atoms. The molecule has 0 N–H and O–H groups in total. The maximum absolute atomic E-state index is 12.0. The fraction of sp³-hybridized carbons (Fsp3) is 1.00. The van der Waals surface area contributed by atoms with Crippen molar-refractivity contribution in [3.63, 3.8) is 0 Å². The Morgan fingerprint density at radius 3 is 1.91 bits per heavy atom. The van der Waals surface area contributed by atoms with Crippen molar-refractivity contribution in [3.8, 4) is 0 Å². The second-order valence-corrected chi connectivity index (χ2v) is 2.14. The van der Waals surface area contributed by atoms with Gasteiger partial charge in [-0.15, -0.1) is 0 Å². The zero-order chi connectivity index (χ0) is 9.12. The van der Waals surface area contributed by atoms with E-state index >= 15 is 0 Å². The number of hydrogen-bond acceptors (Lipinski definition) is 1. The second kappa shape index (κ2) is 3.34. The summed E-state index contributed by atoms with van der Waals surface area (Å²) in [4.78, 5) is 0. The van der Waals surface area contributed by atoms with Crippen molar-refractivity contribution in [2.24, 2.45) is 0 Å². The molecule has 0 unspecified atom stereocenters. The van der Waals surface area contributed by atoms with Gasteiger partial charge in [-0.3, -0.25) is 4.74 Å². The van der Waals surface area contributed by atoms with E-state index in [9.17, 15) is 22.0 Å². The largest absolute Gasteiger partial charge is 0.363 e. The Labute approximate surface area is 60.1 Å². The van der Waals surface area contributed by atoms with Crippen molar-refractivity contribution in [1.82, 2.24) is 0 Å². The van der Waals surface area contributed by atoms with Crippen molar-refractivity contribution in [2.45, 2.75) is 25.4 Å². The summed E-state index contributed by atoms with van der Waals surface area (Å²) >= 11 is 0. The summed E-state index contributed by atoms with van der Waals surface area (Å²) in [5.41, 5.74) is 0. The molecule has 0 aliphatic rings. The van der Waals surface area contributed by atoms with Gasteiger partial charge in [0, 0.05) is 0 Å². The van der Waals surface area contributed by atoms with Gasteiger partial charge in [0.05, 0.1) is 0 Å². The van der Waals surface area contributed by atoms with Gasteiger partial charge in [0.1, 0.15) is 6.42 Å². The van der Waals surface area contributed by atoms with Crippen LogP contribution in [-0.2, 0) is 4.74 Å². The van der Waals surface area contributed by atoms with Gasteiger partial charge in [-0.05, 0) is 6.92 Å². The van der Waals surface area contributed by atoms with E-state index in [1.807, 2.05) is 0 Å². The third-order valence-electron chi connectivity index (χ3n) is 0.782. The van der Waals surface area contributed by atoms with E-state index in [4.69, 9.17) is 0 Å². The molecule has 0 fully saturated rings. The molecule has 1 nitrogen and oxygen atoms in total. The molecular weight excluding hydrogens is 171 g/mol. The molecule has 0 radical (unpaired) electrons. The van der Waals surface area contributed by atoms with Crippen molar-refractivity contribution >= 4 is 0 Å². The van der Waals surface area contributed by atoms with Gasteiger partial charge >= 0.3 is 6.11 Å². The van der Waals surface area contributed by atoms with Gasteiger partial charge < -0.3 is 0 Å². The number of halogens is 5. The van der Waals surface area contributed by atoms with E-state index in [1.54, 1.807) is 0 Å². The van der Waals surface area contributed by atoms with Crippen molar-refractivity contribution in [1.29, 1.82) is 0 Å². The molecule has 0 amide bonds. The Hall–Kier alpha value is -0.390. The molecule has 0 aromatic heterocycles. The maximum atomic E-state index is 12.0. The minimum absolute atomic E-state index is 0.308. The maximum Gasteiger partial charge on any atom is 0.363 e. The summed E-state index contributed by atoms with van der Waals surface area (Å²) in [6.07, 6.45) is -5.89. The lowest BCUT2D eigenvalue weighted by atomic mass is 10.2. The van der Waals surface area contributed by atoms with Crippen LogP contribution in [0, 0.1) is 0 Å². The lowest BCUT2D eigenvalue weighted by Crippen LogP contribution is -2.29. The highest BCUT2D eigenvalue weighted by atomic mass is 19.3. The molecule has 0 heterocycles. The Kier molecular flexibility index (Phi) is 3.22. The average molecular weight is 178 g/mol. The summed E-state index contributed by atoms with van der Waals surface area (Å²) in [6.45, 7) is -1.47. The van der Waals surface area contributed by atoms with Crippen molar-refractivity contribution < 1.29 is 26.7 Å². The van der Waals surface area contributed by atoms with E-state index in [1.165, 1.54) is 0 Å². The first kappa shape index (κ1) is 10.6. The lowest BCUT2D eigenvalue weighted by molar-refractivity contribution is -0.281. The molecule has 0 aliphatic carbocycles. The first-order valence-corrected chi connectivity index (χ1v) is 2.72. The van der Waals surface area contributed by atoms with Crippen LogP contribution in [0.25, 0.3) is 0 Å². The third-order valence-corrected chi connectivity index (χ3v) is 0.782. The van der Waals surface area contributed by atoms with Gasteiger partial charge in [-0.25, -0.2) is 13.2 Å². The van der Waals surface area contributed by atoms with E-state index < -0.39 is 25.3 Å². The number of hydrogen-bond donors (Lipinski definition) is 0. The zero-order valence-electron chi connectivity index (χ0n) is 5.71. The van der Waals surface area contributed by atoms with E-state index in [0.29, 0.717) is 6.92 Å². The summed E-state index contributed by atoms with van der Waals surface area (Å²) in [5.74, 6) is -3.56. The molecule has 0 rings (SSSR count). The Balaban J connectivity index is 3.91. The Morgan fingerprint density at radius 2 is 1.64 bits per heavy atom. The van der Waals surface area contributed by atoms with Crippen LogP contribution in [0.1, 0.15) is 13.3 Å². The van der Waals surface area contributed by atoms with Crippen LogP contribution < -0.4 is 0 Å². The summed E-state index contributed by atoms with van der Waals surface area (Å²) in [5, 5.41) is 0. The van der Waals surface area contributed by atoms with Crippen molar-refractivity contribution in [2.75, 3.05) is 6.86 Å². The average Bonchev–Trinajstić information content (AvgIpc) is 1.55. The molecule has 0 aromatic rings. The monoisotopic (exact) mass is 178 g/mol. The molecule has 0 atom stereocenters. The minimum Gasteiger partial charge on any atom is -0.288 e. The Morgan fingerprint density at radius 1 is 1.18 bits per heavy atom. The van der Waals surface area contributed by atoms with Crippen LogP contribution in [0.5, 0.6) is 0 Å². The second-order valence-electron chi connectivity index (χ2n) is 2.14. The summed E-state index contributed by atoms with van der Waals surface area (Å²) in [6, 6.07) is 0. The topological polar surface area (TPSA) is 9.23 Å². The standard InChI is InChI=1S/C5H7F5O/c1-4(7,8)2-5(9,10)11-3-6/h2-3H2,1H3. The smallest absolute Gasteiger partial charge is 0.288 e. The molecule has 0 saturated carbocycles. The highest BCUT2D eigenvalue weighted by molar-refractivity contribution is 4.65. The van der Waals surface area contributed by atoms with Gasteiger partial charge in [0.25, 0.3) is 5.92 Å². The van der Waals surface area contributed by atoms with E-state index in [-0.39, 0.29) is 0 Å². The number of rotatable bonds is 4. The summed E-state index contributed by atoms with van der Waals surface area (Å²) < 4.78 is 61.9. The van der Waals surface area contributed by atoms with Crippen LogP contribution in [0.15, 0.2) is 0 Å². The molecule has 0 aromatic carbocycles. The molecule has 0 saturated heterocycles. The molecule has 6 heteroatoms. The van der Waals surface area contributed by atoms with Crippen LogP contribution in [-0.4, -0.2) is 18.9 Å². The highest BCUT2D eigenvalue weighted by Crippen LogP contribution is 2.30. The fourth-order valence-corrected chi connectivity index (χ4v) is 0.492. The quantitative estimate of drug-likeness (QED) is 0.601. The Bertz CT molecular complexity index is 119. The number of alkyl halides is 5. The van der Waals surface area contributed by atoms with Gasteiger partial charge in [-0.1, -0.05) is 0 Å². The van der Waals surface area contributed by atoms with E-state index in [2.05, 4.69) is 4.74 Å². The van der Waals surface area contributed by atoms with Crippen molar-refractivity contribution in [3.05, 3.63) is 0 Å².